The number of allylic oxidation sites excluding steroid dienone is 2. The van der Waals surface area contributed by atoms with Gasteiger partial charge in [0, 0.05) is 29.9 Å². The number of carbonyl (C=O) groups excluding carboxylic acids is 5. The van der Waals surface area contributed by atoms with Crippen LogP contribution in [-0.2, 0) is 47.0 Å². The number of nitrogens with one attached hydrogen (secondary N) is 3. The first kappa shape index (κ1) is 42.8. The molecule has 4 aliphatic rings. The van der Waals surface area contributed by atoms with Crippen LogP contribution in [0.4, 0.5) is 14.0 Å². The van der Waals surface area contributed by atoms with E-state index in [2.05, 4.69) is 21.9 Å². The number of likely N-dealkylation sites (tertiary alicyclic amines) is 1. The van der Waals surface area contributed by atoms with Crippen molar-refractivity contribution in [2.45, 2.75) is 134 Å². The standard InChI is InChI=1S/C39H54FN5O10S/c1-9-24-17-39(24,34(49)43-56(52,53)26-13-14-26)42-32(47)30-16-25(54-36(51)44-19-23-11-10-12-28(40)27(23)21-44)20-45(30)33(48)29(41-35(50)55-37(4,5)6)18-38(7,8)31(46)15-22(2)3/h9-12,15,24-26,29-30,32,42,47H,1,13-14,16-21H2,2-8H3,(H,41,50)(H,43,49). The van der Waals surface area contributed by atoms with Crippen LogP contribution >= 0.6 is 0 Å². The molecule has 0 radical (unpaired) electrons. The van der Waals surface area contributed by atoms with Gasteiger partial charge in [0.1, 0.15) is 35.3 Å². The molecule has 2 saturated carbocycles. The molecule has 1 saturated heterocycles. The van der Waals surface area contributed by atoms with E-state index < -0.39 is 92.0 Å². The maximum atomic E-state index is 14.7. The molecule has 2 heterocycles. The lowest BCUT2D eigenvalue weighted by atomic mass is 9.80. The van der Waals surface area contributed by atoms with Crippen LogP contribution in [0.2, 0.25) is 0 Å². The summed E-state index contributed by atoms with van der Waals surface area (Å²) in [6.07, 6.45) is -0.891. The van der Waals surface area contributed by atoms with Crippen LogP contribution in [0, 0.1) is 17.2 Å². The summed E-state index contributed by atoms with van der Waals surface area (Å²) < 4.78 is 53.4. The number of halogens is 1. The summed E-state index contributed by atoms with van der Waals surface area (Å²) in [6.45, 7) is 15.2. The van der Waals surface area contributed by atoms with E-state index in [-0.39, 0.29) is 44.7 Å². The fourth-order valence-corrected chi connectivity index (χ4v) is 8.58. The average molecular weight is 804 g/mol. The number of hydrogen-bond acceptors (Lipinski definition) is 11. The van der Waals surface area contributed by atoms with Crippen LogP contribution in [0.5, 0.6) is 0 Å². The number of aliphatic hydroxyl groups excluding tert-OH is 1. The van der Waals surface area contributed by atoms with Crippen LogP contribution in [0.15, 0.2) is 42.5 Å². The average Bonchev–Trinajstić information content (AvgIpc) is 3.97. The third-order valence-electron chi connectivity index (χ3n) is 10.5. The summed E-state index contributed by atoms with van der Waals surface area (Å²) in [7, 11) is -3.95. The van der Waals surface area contributed by atoms with Crippen molar-refractivity contribution in [2.24, 2.45) is 11.3 Å². The molecular formula is C39H54FN5O10S. The molecule has 15 nitrogen and oxygen atoms in total. The Labute approximate surface area is 327 Å². The summed E-state index contributed by atoms with van der Waals surface area (Å²) >= 11 is 0. The first-order chi connectivity index (χ1) is 26.0. The predicted molar refractivity (Wildman–Crippen MR) is 202 cm³/mol. The molecular weight excluding hydrogens is 750 g/mol. The molecule has 1 aromatic rings. The van der Waals surface area contributed by atoms with Gasteiger partial charge in [0.05, 0.1) is 24.4 Å². The van der Waals surface area contributed by atoms with Crippen molar-refractivity contribution in [3.05, 3.63) is 59.4 Å². The number of ketones is 1. The summed E-state index contributed by atoms with van der Waals surface area (Å²) in [5, 5.41) is 16.6. The Morgan fingerprint density at radius 2 is 1.79 bits per heavy atom. The molecule has 6 unspecified atom stereocenters. The number of sulfonamides is 1. The van der Waals surface area contributed by atoms with Gasteiger partial charge in [-0.15, -0.1) is 6.58 Å². The van der Waals surface area contributed by atoms with Gasteiger partial charge in [0.25, 0.3) is 5.91 Å². The molecule has 4 amide bonds. The Morgan fingerprint density at radius 1 is 1.11 bits per heavy atom. The minimum atomic E-state index is -3.95. The summed E-state index contributed by atoms with van der Waals surface area (Å²) in [5.41, 5.74) is -1.98. The second-order valence-corrected chi connectivity index (χ2v) is 19.1. The number of carbonyl (C=O) groups is 5. The Morgan fingerprint density at radius 3 is 2.36 bits per heavy atom. The Kier molecular flexibility index (Phi) is 12.1. The molecule has 0 aromatic heterocycles. The molecule has 56 heavy (non-hydrogen) atoms. The van der Waals surface area contributed by atoms with Gasteiger partial charge in [-0.3, -0.25) is 29.3 Å². The summed E-state index contributed by atoms with van der Waals surface area (Å²) in [6, 6.07) is 1.98. The van der Waals surface area contributed by atoms with Crippen LogP contribution in [0.25, 0.3) is 0 Å². The van der Waals surface area contributed by atoms with Crippen molar-refractivity contribution in [3.8, 4) is 0 Å². The van der Waals surface area contributed by atoms with Gasteiger partial charge >= 0.3 is 12.2 Å². The van der Waals surface area contributed by atoms with Crippen molar-refractivity contribution >= 4 is 39.8 Å². The fourth-order valence-electron chi connectivity index (χ4n) is 7.22. The minimum absolute atomic E-state index is 0.0369. The van der Waals surface area contributed by atoms with E-state index >= 15 is 0 Å². The second kappa shape index (κ2) is 15.9. The molecule has 4 N–H and O–H groups in total. The summed E-state index contributed by atoms with van der Waals surface area (Å²) in [4.78, 5) is 70.7. The quantitative estimate of drug-likeness (QED) is 0.122. The van der Waals surface area contributed by atoms with Crippen LogP contribution in [0.3, 0.4) is 0 Å². The van der Waals surface area contributed by atoms with Gasteiger partial charge in [0.15, 0.2) is 5.78 Å². The van der Waals surface area contributed by atoms with Gasteiger partial charge in [-0.2, -0.15) is 0 Å². The number of rotatable bonds is 14. The Bertz CT molecular complexity index is 1900. The highest BCUT2D eigenvalue weighted by atomic mass is 32.2. The van der Waals surface area contributed by atoms with E-state index in [1.165, 1.54) is 28.0 Å². The van der Waals surface area contributed by atoms with Crippen molar-refractivity contribution < 1.29 is 51.4 Å². The van der Waals surface area contributed by atoms with E-state index in [4.69, 9.17) is 9.47 Å². The van der Waals surface area contributed by atoms with Gasteiger partial charge in [-0.05, 0) is 78.0 Å². The van der Waals surface area contributed by atoms with E-state index in [0.717, 1.165) is 5.57 Å². The Balaban J connectivity index is 1.43. The maximum Gasteiger partial charge on any atom is 0.410 e. The van der Waals surface area contributed by atoms with Crippen molar-refractivity contribution in [2.75, 3.05) is 6.54 Å². The third-order valence-corrected chi connectivity index (χ3v) is 12.3. The molecule has 2 aliphatic heterocycles. The van der Waals surface area contributed by atoms with Crippen molar-refractivity contribution in [3.63, 3.8) is 0 Å². The van der Waals surface area contributed by atoms with Crippen LogP contribution in [0.1, 0.15) is 91.7 Å². The molecule has 2 aliphatic carbocycles. The topological polar surface area (TPSA) is 201 Å². The molecule has 3 fully saturated rings. The Hall–Kier alpha value is -4.35. The smallest absolute Gasteiger partial charge is 0.410 e. The van der Waals surface area contributed by atoms with Gasteiger partial charge in [-0.1, -0.05) is 37.6 Å². The number of benzene rings is 1. The number of alkyl carbamates (subject to hydrolysis) is 1. The SMILES string of the molecule is C=CC1CC1(NC(O)C1CC(OC(=O)N2Cc3cccc(F)c3C2)CN1C(=O)C(CC(C)(C)C(=O)C=C(C)C)NC(=O)OC(C)(C)C)C(=O)NS(=O)(=O)C1CC1. The minimum Gasteiger partial charge on any atom is -0.444 e. The molecule has 0 bridgehead atoms. The molecule has 5 rings (SSSR count). The lowest BCUT2D eigenvalue weighted by Gasteiger charge is -2.35. The summed E-state index contributed by atoms with van der Waals surface area (Å²) in [5.74, 6) is -2.93. The lowest BCUT2D eigenvalue weighted by molar-refractivity contribution is -0.139. The number of ether oxygens (including phenoxy) is 2. The first-order valence-corrected chi connectivity index (χ1v) is 20.4. The molecule has 6 atom stereocenters. The van der Waals surface area contributed by atoms with Crippen molar-refractivity contribution in [1.29, 1.82) is 0 Å². The second-order valence-electron chi connectivity index (χ2n) is 17.2. The maximum absolute atomic E-state index is 14.7. The highest BCUT2D eigenvalue weighted by molar-refractivity contribution is 7.91. The van der Waals surface area contributed by atoms with Crippen LogP contribution < -0.4 is 15.4 Å². The first-order valence-electron chi connectivity index (χ1n) is 18.8. The van der Waals surface area contributed by atoms with E-state index in [9.17, 15) is 41.9 Å². The van der Waals surface area contributed by atoms with E-state index in [1.54, 1.807) is 60.6 Å². The highest BCUT2D eigenvalue weighted by Crippen LogP contribution is 2.46. The predicted octanol–water partition coefficient (Wildman–Crippen LogP) is 3.55. The van der Waals surface area contributed by atoms with Gasteiger partial charge in [0.2, 0.25) is 15.9 Å². The largest absolute Gasteiger partial charge is 0.444 e. The number of nitrogens with zero attached hydrogens (tertiary/aromatic N) is 2. The number of fused-ring (bicyclic) bond motifs is 1. The molecule has 308 valence electrons. The number of hydrogen-bond donors (Lipinski definition) is 4. The molecule has 17 heteroatoms. The normalized spacial score (nSPS) is 24.3. The molecule has 0 spiro atoms. The highest BCUT2D eigenvalue weighted by Gasteiger charge is 2.61. The van der Waals surface area contributed by atoms with Gasteiger partial charge in [-0.25, -0.2) is 22.4 Å². The fraction of sp³-hybridized carbons (Fsp3) is 0.615. The third kappa shape index (κ3) is 9.77. The lowest BCUT2D eigenvalue weighted by Crippen LogP contribution is -2.60. The number of aliphatic hydroxyl groups is 1. The number of amides is 4. The van der Waals surface area contributed by atoms with E-state index in [1.807, 2.05) is 0 Å². The zero-order chi connectivity index (χ0) is 41.5. The zero-order valence-electron chi connectivity index (χ0n) is 33.0. The van der Waals surface area contributed by atoms with Gasteiger partial charge < -0.3 is 24.8 Å². The monoisotopic (exact) mass is 803 g/mol. The molecule has 1 aromatic carbocycles. The van der Waals surface area contributed by atoms with Crippen molar-refractivity contribution in [1.82, 2.24) is 25.2 Å². The van der Waals surface area contributed by atoms with Crippen LogP contribution in [-0.4, -0.2) is 100 Å². The zero-order valence-corrected chi connectivity index (χ0v) is 33.8. The van der Waals surface area contributed by atoms with E-state index in [0.29, 0.717) is 24.0 Å².